The second-order valence-corrected chi connectivity index (χ2v) is 4.87. The molecule has 0 fully saturated rings. The van der Waals surface area contributed by atoms with E-state index >= 15 is 0 Å². The standard InChI is InChI=1S/C17H17NO2/c1-2-20-13-9-7-12(8-10-13)16-11-17(19)14-5-3-4-6-15(14)18-16/h3-10,16,18H,2,11H2,1H3/t16-/m0/s1. The predicted molar refractivity (Wildman–Crippen MR) is 79.4 cm³/mol. The highest BCUT2D eigenvalue weighted by Gasteiger charge is 2.24. The number of Topliss-reactive ketones (excluding diaryl/α,β-unsaturated/α-hetero) is 1. The molecular formula is C17H17NO2. The molecule has 1 aliphatic heterocycles. The van der Waals surface area contributed by atoms with Gasteiger partial charge in [-0.05, 0) is 36.8 Å². The van der Waals surface area contributed by atoms with Crippen LogP contribution in [0.2, 0.25) is 0 Å². The summed E-state index contributed by atoms with van der Waals surface area (Å²) >= 11 is 0. The summed E-state index contributed by atoms with van der Waals surface area (Å²) in [5.74, 6) is 1.05. The summed E-state index contributed by atoms with van der Waals surface area (Å²) in [5.41, 5.74) is 2.81. The summed E-state index contributed by atoms with van der Waals surface area (Å²) in [6, 6.07) is 15.6. The SMILES string of the molecule is CCOc1ccc([C@@H]2CC(=O)c3ccccc3N2)cc1. The largest absolute Gasteiger partial charge is 0.494 e. The molecule has 1 atom stereocenters. The first kappa shape index (κ1) is 12.7. The molecule has 1 aliphatic rings. The van der Waals surface area contributed by atoms with Crippen LogP contribution in [-0.4, -0.2) is 12.4 Å². The fraction of sp³-hybridized carbons (Fsp3) is 0.235. The highest BCUT2D eigenvalue weighted by molar-refractivity contribution is 6.03. The van der Waals surface area contributed by atoms with Crippen LogP contribution in [0.25, 0.3) is 0 Å². The molecule has 0 saturated heterocycles. The third kappa shape index (κ3) is 2.39. The maximum absolute atomic E-state index is 12.2. The summed E-state index contributed by atoms with van der Waals surface area (Å²) in [7, 11) is 0. The summed E-state index contributed by atoms with van der Waals surface area (Å²) in [6.07, 6.45) is 0.491. The second-order valence-electron chi connectivity index (χ2n) is 4.87. The maximum Gasteiger partial charge on any atom is 0.167 e. The zero-order chi connectivity index (χ0) is 13.9. The van der Waals surface area contributed by atoms with Gasteiger partial charge in [-0.3, -0.25) is 4.79 Å². The van der Waals surface area contributed by atoms with Crippen molar-refractivity contribution in [2.24, 2.45) is 0 Å². The molecule has 102 valence electrons. The van der Waals surface area contributed by atoms with E-state index in [0.29, 0.717) is 13.0 Å². The number of para-hydroxylation sites is 1. The van der Waals surface area contributed by atoms with Crippen LogP contribution < -0.4 is 10.1 Å². The predicted octanol–water partition coefficient (Wildman–Crippen LogP) is 3.82. The summed E-state index contributed by atoms with van der Waals surface area (Å²) in [6.45, 7) is 2.62. The number of carbonyl (C=O) groups excluding carboxylic acids is 1. The first-order valence-electron chi connectivity index (χ1n) is 6.89. The van der Waals surface area contributed by atoms with Gasteiger partial charge < -0.3 is 10.1 Å². The van der Waals surface area contributed by atoms with Crippen LogP contribution >= 0.6 is 0 Å². The smallest absolute Gasteiger partial charge is 0.167 e. The lowest BCUT2D eigenvalue weighted by molar-refractivity contribution is 0.0972. The van der Waals surface area contributed by atoms with Crippen molar-refractivity contribution in [1.82, 2.24) is 0 Å². The second kappa shape index (κ2) is 5.37. The van der Waals surface area contributed by atoms with Crippen LogP contribution in [0.5, 0.6) is 5.75 Å². The van der Waals surface area contributed by atoms with E-state index in [2.05, 4.69) is 5.32 Å². The number of ketones is 1. The van der Waals surface area contributed by atoms with Crippen molar-refractivity contribution in [2.45, 2.75) is 19.4 Å². The Hall–Kier alpha value is -2.29. The number of ether oxygens (including phenoxy) is 1. The number of hydrogen-bond acceptors (Lipinski definition) is 3. The molecule has 1 heterocycles. The third-order valence-electron chi connectivity index (χ3n) is 3.54. The number of carbonyl (C=O) groups is 1. The summed E-state index contributed by atoms with van der Waals surface area (Å²) in [5, 5.41) is 3.43. The van der Waals surface area contributed by atoms with E-state index in [0.717, 1.165) is 22.6 Å². The van der Waals surface area contributed by atoms with E-state index in [9.17, 15) is 4.79 Å². The fourth-order valence-corrected chi connectivity index (χ4v) is 2.55. The van der Waals surface area contributed by atoms with Gasteiger partial charge in [0.05, 0.1) is 12.6 Å². The van der Waals surface area contributed by atoms with E-state index in [4.69, 9.17) is 4.74 Å². The van der Waals surface area contributed by atoms with Crippen LogP contribution in [0.15, 0.2) is 48.5 Å². The molecule has 1 N–H and O–H groups in total. The molecule has 20 heavy (non-hydrogen) atoms. The van der Waals surface area contributed by atoms with Crippen molar-refractivity contribution in [3.63, 3.8) is 0 Å². The van der Waals surface area contributed by atoms with Gasteiger partial charge in [0.25, 0.3) is 0 Å². The molecular weight excluding hydrogens is 250 g/mol. The molecule has 0 radical (unpaired) electrons. The topological polar surface area (TPSA) is 38.3 Å². The Balaban J connectivity index is 1.84. The Kier molecular flexibility index (Phi) is 3.42. The average molecular weight is 267 g/mol. The zero-order valence-corrected chi connectivity index (χ0v) is 11.4. The Bertz CT molecular complexity index is 619. The molecule has 2 aromatic rings. The van der Waals surface area contributed by atoms with Gasteiger partial charge >= 0.3 is 0 Å². The van der Waals surface area contributed by atoms with Gasteiger partial charge in [-0.25, -0.2) is 0 Å². The van der Waals surface area contributed by atoms with Crippen LogP contribution in [0, 0.1) is 0 Å². The lowest BCUT2D eigenvalue weighted by Crippen LogP contribution is -2.22. The molecule has 2 aromatic carbocycles. The average Bonchev–Trinajstić information content (AvgIpc) is 2.48. The van der Waals surface area contributed by atoms with E-state index in [-0.39, 0.29) is 11.8 Å². The van der Waals surface area contributed by atoms with Crippen LogP contribution in [0.1, 0.15) is 35.3 Å². The number of anilines is 1. The monoisotopic (exact) mass is 267 g/mol. The number of fused-ring (bicyclic) bond motifs is 1. The maximum atomic E-state index is 12.2. The molecule has 0 aliphatic carbocycles. The van der Waals surface area contributed by atoms with Gasteiger partial charge in [0.15, 0.2) is 5.78 Å². The summed E-state index contributed by atoms with van der Waals surface area (Å²) < 4.78 is 5.44. The number of rotatable bonds is 3. The minimum Gasteiger partial charge on any atom is -0.494 e. The number of benzene rings is 2. The Morgan fingerprint density at radius 3 is 2.65 bits per heavy atom. The van der Waals surface area contributed by atoms with Crippen LogP contribution in [0.3, 0.4) is 0 Å². The van der Waals surface area contributed by atoms with Gasteiger partial charge in [-0.1, -0.05) is 24.3 Å². The summed E-state index contributed by atoms with van der Waals surface area (Å²) in [4.78, 5) is 12.2. The molecule has 3 nitrogen and oxygen atoms in total. The van der Waals surface area contributed by atoms with E-state index in [1.54, 1.807) is 0 Å². The highest BCUT2D eigenvalue weighted by Crippen LogP contribution is 2.32. The minimum absolute atomic E-state index is 0.0353. The molecule has 3 heteroatoms. The van der Waals surface area contributed by atoms with E-state index < -0.39 is 0 Å². The Morgan fingerprint density at radius 2 is 1.90 bits per heavy atom. The Labute approximate surface area is 118 Å². The molecule has 0 amide bonds. The molecule has 0 bridgehead atoms. The molecule has 0 aromatic heterocycles. The Morgan fingerprint density at radius 1 is 1.15 bits per heavy atom. The van der Waals surface area contributed by atoms with Gasteiger partial charge in [-0.15, -0.1) is 0 Å². The van der Waals surface area contributed by atoms with Crippen molar-refractivity contribution in [3.05, 3.63) is 59.7 Å². The third-order valence-corrected chi connectivity index (χ3v) is 3.54. The first-order valence-corrected chi connectivity index (χ1v) is 6.89. The van der Waals surface area contributed by atoms with Gasteiger partial charge in [0, 0.05) is 17.7 Å². The zero-order valence-electron chi connectivity index (χ0n) is 11.4. The quantitative estimate of drug-likeness (QED) is 0.918. The lowest BCUT2D eigenvalue weighted by Gasteiger charge is -2.26. The normalized spacial score (nSPS) is 17.2. The highest BCUT2D eigenvalue weighted by atomic mass is 16.5. The van der Waals surface area contributed by atoms with Gasteiger partial charge in [0.2, 0.25) is 0 Å². The van der Waals surface area contributed by atoms with Crippen molar-refractivity contribution in [3.8, 4) is 5.75 Å². The van der Waals surface area contributed by atoms with Crippen LogP contribution in [-0.2, 0) is 0 Å². The van der Waals surface area contributed by atoms with Crippen LogP contribution in [0.4, 0.5) is 5.69 Å². The number of hydrogen-bond donors (Lipinski definition) is 1. The lowest BCUT2D eigenvalue weighted by atomic mass is 9.92. The molecule has 0 spiro atoms. The molecule has 0 unspecified atom stereocenters. The van der Waals surface area contributed by atoms with Crippen molar-refractivity contribution in [1.29, 1.82) is 0 Å². The van der Waals surface area contributed by atoms with E-state index in [1.165, 1.54) is 0 Å². The minimum atomic E-state index is 0.0353. The molecule has 3 rings (SSSR count). The van der Waals surface area contributed by atoms with Gasteiger partial charge in [0.1, 0.15) is 5.75 Å². The van der Waals surface area contributed by atoms with Crippen molar-refractivity contribution in [2.75, 3.05) is 11.9 Å². The molecule has 0 saturated carbocycles. The first-order chi connectivity index (χ1) is 9.78. The van der Waals surface area contributed by atoms with E-state index in [1.807, 2.05) is 55.5 Å². The van der Waals surface area contributed by atoms with Gasteiger partial charge in [-0.2, -0.15) is 0 Å². The number of nitrogens with one attached hydrogen (secondary N) is 1. The van der Waals surface area contributed by atoms with Crippen molar-refractivity contribution < 1.29 is 9.53 Å². The van der Waals surface area contributed by atoms with Crippen molar-refractivity contribution >= 4 is 11.5 Å². The fourth-order valence-electron chi connectivity index (χ4n) is 2.55.